The van der Waals surface area contributed by atoms with Crippen LogP contribution in [0, 0.1) is 15.9 Å². The van der Waals surface area contributed by atoms with Crippen LogP contribution < -0.4 is 4.74 Å². The van der Waals surface area contributed by atoms with Crippen molar-refractivity contribution in [2.45, 2.75) is 90.0 Å². The summed E-state index contributed by atoms with van der Waals surface area (Å²) in [4.78, 5) is 36.2. The van der Waals surface area contributed by atoms with Gasteiger partial charge in [-0.05, 0) is 44.2 Å². The van der Waals surface area contributed by atoms with Gasteiger partial charge in [0.2, 0.25) is 11.7 Å². The monoisotopic (exact) mass is 450 g/mol. The van der Waals surface area contributed by atoms with Gasteiger partial charge in [0.1, 0.15) is 11.3 Å². The van der Waals surface area contributed by atoms with Crippen LogP contribution in [0.4, 0.5) is 10.1 Å². The third-order valence-electron chi connectivity index (χ3n) is 6.06. The SMILES string of the molecule is CCCCN(C(=O)CCCCCCOc1ccc(F)c([N+](=O)[O-])c1C=O)C1CCCCC1. The number of nitrogens with zero attached hydrogens (tertiary/aromatic N) is 2. The van der Waals surface area contributed by atoms with E-state index in [9.17, 15) is 24.1 Å². The molecule has 7 nitrogen and oxygen atoms in total. The minimum absolute atomic E-state index is 0.0160. The van der Waals surface area contributed by atoms with E-state index in [0.29, 0.717) is 18.9 Å². The van der Waals surface area contributed by atoms with Crippen molar-refractivity contribution in [1.29, 1.82) is 0 Å². The van der Waals surface area contributed by atoms with E-state index in [2.05, 4.69) is 11.8 Å². The fraction of sp³-hybridized carbons (Fsp3) is 0.667. The number of carbonyl (C=O) groups excluding carboxylic acids is 2. The summed E-state index contributed by atoms with van der Waals surface area (Å²) in [5.74, 6) is -0.784. The summed E-state index contributed by atoms with van der Waals surface area (Å²) in [5.41, 5.74) is -1.24. The maximum Gasteiger partial charge on any atom is 0.318 e. The number of halogens is 1. The van der Waals surface area contributed by atoms with Crippen LogP contribution >= 0.6 is 0 Å². The zero-order valence-corrected chi connectivity index (χ0v) is 19.0. The van der Waals surface area contributed by atoms with Crippen molar-refractivity contribution in [2.24, 2.45) is 0 Å². The molecule has 0 radical (unpaired) electrons. The zero-order chi connectivity index (χ0) is 23.3. The highest BCUT2D eigenvalue weighted by Crippen LogP contribution is 2.30. The van der Waals surface area contributed by atoms with E-state index < -0.39 is 16.4 Å². The Morgan fingerprint density at radius 1 is 1.19 bits per heavy atom. The fourth-order valence-corrected chi connectivity index (χ4v) is 4.28. The van der Waals surface area contributed by atoms with Crippen LogP contribution in [0.2, 0.25) is 0 Å². The van der Waals surface area contributed by atoms with Crippen LogP contribution in [-0.2, 0) is 4.79 Å². The van der Waals surface area contributed by atoms with Crippen molar-refractivity contribution in [3.05, 3.63) is 33.6 Å². The van der Waals surface area contributed by atoms with Crippen LogP contribution in [0.15, 0.2) is 12.1 Å². The van der Waals surface area contributed by atoms with Crippen molar-refractivity contribution in [3.8, 4) is 5.75 Å². The summed E-state index contributed by atoms with van der Waals surface area (Å²) >= 11 is 0. The topological polar surface area (TPSA) is 89.8 Å². The minimum atomic E-state index is -1.06. The Morgan fingerprint density at radius 3 is 2.56 bits per heavy atom. The summed E-state index contributed by atoms with van der Waals surface area (Å²) in [6, 6.07) is 2.58. The number of carbonyl (C=O) groups is 2. The molecule has 0 atom stereocenters. The van der Waals surface area contributed by atoms with Crippen molar-refractivity contribution in [3.63, 3.8) is 0 Å². The minimum Gasteiger partial charge on any atom is -0.493 e. The van der Waals surface area contributed by atoms with Crippen LogP contribution in [0.25, 0.3) is 0 Å². The van der Waals surface area contributed by atoms with Crippen molar-refractivity contribution >= 4 is 17.9 Å². The quantitative estimate of drug-likeness (QED) is 0.154. The van der Waals surface area contributed by atoms with E-state index in [0.717, 1.165) is 57.6 Å². The van der Waals surface area contributed by atoms with Crippen LogP contribution in [0.1, 0.15) is 94.3 Å². The molecule has 1 aromatic carbocycles. The number of aldehydes is 1. The number of rotatable bonds is 14. The third-order valence-corrected chi connectivity index (χ3v) is 6.06. The maximum atomic E-state index is 13.6. The van der Waals surface area contributed by atoms with Crippen LogP contribution in [0.3, 0.4) is 0 Å². The highest BCUT2D eigenvalue weighted by Gasteiger charge is 2.25. The smallest absolute Gasteiger partial charge is 0.318 e. The molecule has 0 heterocycles. The lowest BCUT2D eigenvalue weighted by Gasteiger charge is -2.34. The average Bonchev–Trinajstić information content (AvgIpc) is 2.79. The first-order valence-corrected chi connectivity index (χ1v) is 11.8. The molecule has 1 amide bonds. The number of amides is 1. The Balaban J connectivity index is 1.72. The molecule has 32 heavy (non-hydrogen) atoms. The average molecular weight is 451 g/mol. The molecular weight excluding hydrogens is 415 g/mol. The Kier molecular flexibility index (Phi) is 11.1. The summed E-state index contributed by atoms with van der Waals surface area (Å²) in [6.45, 7) is 3.27. The standard InChI is InChI=1S/C24H35FN2O5/c1-2-3-16-26(19-11-7-6-8-12-19)23(29)13-9-4-5-10-17-32-22-15-14-21(25)24(27(30)31)20(22)18-28/h14-15,18-19H,2-13,16-17H2,1H3. The second-order valence-electron chi connectivity index (χ2n) is 8.43. The van der Waals surface area contributed by atoms with Gasteiger partial charge in [-0.3, -0.25) is 19.7 Å². The van der Waals surface area contributed by atoms with Gasteiger partial charge < -0.3 is 9.64 Å². The molecule has 8 heteroatoms. The third kappa shape index (κ3) is 7.57. The van der Waals surface area contributed by atoms with Gasteiger partial charge in [0.05, 0.1) is 11.5 Å². The lowest BCUT2D eigenvalue weighted by atomic mass is 9.93. The number of hydrogen-bond acceptors (Lipinski definition) is 5. The molecule has 0 unspecified atom stereocenters. The molecule has 1 saturated carbocycles. The highest BCUT2D eigenvalue weighted by molar-refractivity contribution is 5.85. The van der Waals surface area contributed by atoms with Gasteiger partial charge in [-0.2, -0.15) is 4.39 Å². The molecule has 0 bridgehead atoms. The molecule has 0 saturated heterocycles. The molecule has 1 aliphatic carbocycles. The number of ether oxygens (including phenoxy) is 1. The van der Waals surface area contributed by atoms with Crippen molar-refractivity contribution in [2.75, 3.05) is 13.2 Å². The predicted molar refractivity (Wildman–Crippen MR) is 121 cm³/mol. The second-order valence-corrected chi connectivity index (χ2v) is 8.43. The summed E-state index contributed by atoms with van der Waals surface area (Å²) in [7, 11) is 0. The summed E-state index contributed by atoms with van der Waals surface area (Å²) in [5, 5.41) is 11.0. The lowest BCUT2D eigenvalue weighted by Crippen LogP contribution is -2.42. The normalized spacial score (nSPS) is 14.2. The number of nitro groups is 1. The zero-order valence-electron chi connectivity index (χ0n) is 19.0. The lowest BCUT2D eigenvalue weighted by molar-refractivity contribution is -0.387. The fourth-order valence-electron chi connectivity index (χ4n) is 4.28. The van der Waals surface area contributed by atoms with Crippen LogP contribution in [0.5, 0.6) is 5.75 Å². The highest BCUT2D eigenvalue weighted by atomic mass is 19.1. The number of unbranched alkanes of at least 4 members (excludes halogenated alkanes) is 4. The molecule has 0 aromatic heterocycles. The van der Waals surface area contributed by atoms with E-state index in [1.54, 1.807) is 0 Å². The molecule has 1 fully saturated rings. The summed E-state index contributed by atoms with van der Waals surface area (Å²) < 4.78 is 19.1. The van der Waals surface area contributed by atoms with E-state index in [1.807, 2.05) is 0 Å². The first-order valence-electron chi connectivity index (χ1n) is 11.8. The first kappa shape index (κ1) is 25.7. The Hall–Kier alpha value is -2.51. The van der Waals surface area contributed by atoms with Gasteiger partial charge in [0.15, 0.2) is 6.29 Å². The molecule has 1 aliphatic rings. The van der Waals surface area contributed by atoms with E-state index in [4.69, 9.17) is 4.74 Å². The van der Waals surface area contributed by atoms with Gasteiger partial charge in [0, 0.05) is 19.0 Å². The Bertz CT molecular complexity index is 765. The summed E-state index contributed by atoms with van der Waals surface area (Å²) in [6.07, 6.45) is 12.1. The van der Waals surface area contributed by atoms with Crippen molar-refractivity contribution in [1.82, 2.24) is 4.90 Å². The van der Waals surface area contributed by atoms with E-state index in [-0.39, 0.29) is 30.1 Å². The van der Waals surface area contributed by atoms with E-state index >= 15 is 0 Å². The molecule has 1 aromatic rings. The molecule has 0 N–H and O–H groups in total. The second kappa shape index (κ2) is 13.8. The largest absolute Gasteiger partial charge is 0.493 e. The van der Waals surface area contributed by atoms with Gasteiger partial charge in [-0.25, -0.2) is 0 Å². The first-order chi connectivity index (χ1) is 15.5. The van der Waals surface area contributed by atoms with Crippen LogP contribution in [-0.4, -0.2) is 41.2 Å². The van der Waals surface area contributed by atoms with Gasteiger partial charge in [0.25, 0.3) is 0 Å². The number of nitro benzene ring substituents is 1. The van der Waals surface area contributed by atoms with Gasteiger partial charge in [-0.1, -0.05) is 45.4 Å². The Labute approximate surface area is 189 Å². The van der Waals surface area contributed by atoms with Gasteiger partial charge in [-0.15, -0.1) is 0 Å². The molecule has 2 rings (SSSR count). The van der Waals surface area contributed by atoms with Crippen molar-refractivity contribution < 1.29 is 23.6 Å². The van der Waals surface area contributed by atoms with Gasteiger partial charge >= 0.3 is 5.69 Å². The Morgan fingerprint density at radius 2 is 1.91 bits per heavy atom. The molecular formula is C24H35FN2O5. The predicted octanol–water partition coefficient (Wildman–Crippen LogP) is 5.84. The number of hydrogen-bond donors (Lipinski definition) is 0. The number of benzene rings is 1. The molecule has 178 valence electrons. The molecule has 0 aliphatic heterocycles. The maximum absolute atomic E-state index is 13.6. The van der Waals surface area contributed by atoms with E-state index in [1.165, 1.54) is 25.3 Å². The molecule has 0 spiro atoms.